The van der Waals surface area contributed by atoms with Gasteiger partial charge in [-0.1, -0.05) is 78.5 Å². The van der Waals surface area contributed by atoms with Gasteiger partial charge in [-0.05, 0) is 42.2 Å². The fourth-order valence-electron chi connectivity index (χ4n) is 4.72. The molecule has 0 saturated carbocycles. The van der Waals surface area contributed by atoms with E-state index in [0.717, 1.165) is 59.1 Å². The minimum Gasteiger partial charge on any atom is -0.332 e. The van der Waals surface area contributed by atoms with E-state index in [9.17, 15) is 4.79 Å². The van der Waals surface area contributed by atoms with E-state index in [1.807, 2.05) is 59.5 Å². The molecule has 1 amide bonds. The smallest absolute Gasteiger partial charge is 0.237 e. The zero-order chi connectivity index (χ0) is 26.4. The van der Waals surface area contributed by atoms with Crippen molar-refractivity contribution < 1.29 is 4.79 Å². The summed E-state index contributed by atoms with van der Waals surface area (Å²) in [5.41, 5.74) is 5.45. The molecule has 0 atom stereocenters. The number of hydrogen-bond acceptors (Lipinski definition) is 7. The normalized spacial score (nSPS) is 12.5. The lowest BCUT2D eigenvalue weighted by Gasteiger charge is -2.17. The number of amides is 1. The third-order valence-corrected chi connectivity index (χ3v) is 8.45. The van der Waals surface area contributed by atoms with Crippen LogP contribution in [-0.2, 0) is 30.6 Å². The van der Waals surface area contributed by atoms with E-state index in [2.05, 4.69) is 55.8 Å². The Morgan fingerprint density at radius 1 is 0.949 bits per heavy atom. The van der Waals surface area contributed by atoms with E-state index in [1.165, 1.54) is 22.9 Å². The molecule has 196 valence electrons. The Balaban J connectivity index is 1.17. The molecule has 39 heavy (non-hydrogen) atoms. The molecule has 2 aromatic heterocycles. The van der Waals surface area contributed by atoms with Gasteiger partial charge in [-0.2, -0.15) is 0 Å². The number of anilines is 3. The highest BCUT2D eigenvalue weighted by Gasteiger charge is 2.25. The summed E-state index contributed by atoms with van der Waals surface area (Å²) in [6, 6.07) is 28.6. The van der Waals surface area contributed by atoms with Crippen LogP contribution in [-0.4, -0.2) is 38.0 Å². The van der Waals surface area contributed by atoms with Crippen molar-refractivity contribution >= 4 is 45.5 Å². The standard InChI is InChI=1S/C30H28N6OS2/c37-28(35-18-16-23-11-7-8-14-26(23)35)21-39-30-34-33-27(36(30)17-15-22-9-3-1-4-10-22)19-25-20-38-29(32-25)31-24-12-5-2-6-13-24/h1-14,20H,15-19,21H2,(H,31,32). The zero-order valence-electron chi connectivity index (χ0n) is 21.4. The second-order valence-electron chi connectivity index (χ2n) is 9.31. The largest absolute Gasteiger partial charge is 0.332 e. The molecule has 5 aromatic rings. The number of para-hydroxylation sites is 2. The van der Waals surface area contributed by atoms with Crippen LogP contribution in [0.15, 0.2) is 95.5 Å². The van der Waals surface area contributed by atoms with E-state index in [1.54, 1.807) is 11.3 Å². The van der Waals surface area contributed by atoms with Gasteiger partial charge < -0.3 is 14.8 Å². The van der Waals surface area contributed by atoms with Crippen LogP contribution < -0.4 is 10.2 Å². The number of aryl methyl sites for hydroxylation is 1. The van der Waals surface area contributed by atoms with Crippen LogP contribution in [0.5, 0.6) is 0 Å². The Labute approximate surface area is 235 Å². The summed E-state index contributed by atoms with van der Waals surface area (Å²) in [5, 5.41) is 16.1. The zero-order valence-corrected chi connectivity index (χ0v) is 23.0. The number of benzene rings is 3. The van der Waals surface area contributed by atoms with Gasteiger partial charge >= 0.3 is 0 Å². The van der Waals surface area contributed by atoms with E-state index in [0.29, 0.717) is 12.2 Å². The first-order valence-corrected chi connectivity index (χ1v) is 14.8. The van der Waals surface area contributed by atoms with Gasteiger partial charge in [0.15, 0.2) is 10.3 Å². The van der Waals surface area contributed by atoms with Crippen LogP contribution in [0.2, 0.25) is 0 Å². The molecule has 0 spiro atoms. The van der Waals surface area contributed by atoms with Crippen molar-refractivity contribution in [3.8, 4) is 0 Å². The molecular formula is C30H28N6OS2. The van der Waals surface area contributed by atoms with E-state index >= 15 is 0 Å². The van der Waals surface area contributed by atoms with Gasteiger partial charge in [0.25, 0.3) is 0 Å². The maximum Gasteiger partial charge on any atom is 0.237 e. The molecule has 0 aliphatic carbocycles. The molecule has 3 heterocycles. The molecule has 1 N–H and O–H groups in total. The molecule has 0 saturated heterocycles. The Morgan fingerprint density at radius 2 is 1.72 bits per heavy atom. The summed E-state index contributed by atoms with van der Waals surface area (Å²) in [7, 11) is 0. The number of nitrogens with zero attached hydrogens (tertiary/aromatic N) is 5. The number of nitrogens with one attached hydrogen (secondary N) is 1. The molecule has 0 bridgehead atoms. The lowest BCUT2D eigenvalue weighted by Crippen LogP contribution is -2.30. The number of aromatic nitrogens is 4. The van der Waals surface area contributed by atoms with Gasteiger partial charge in [0.2, 0.25) is 5.91 Å². The summed E-state index contributed by atoms with van der Waals surface area (Å²) in [6.45, 7) is 1.46. The van der Waals surface area contributed by atoms with Crippen LogP contribution in [0.25, 0.3) is 0 Å². The molecule has 9 heteroatoms. The van der Waals surface area contributed by atoms with Gasteiger partial charge in [0.1, 0.15) is 5.82 Å². The van der Waals surface area contributed by atoms with Gasteiger partial charge in [-0.3, -0.25) is 4.79 Å². The molecule has 0 radical (unpaired) electrons. The summed E-state index contributed by atoms with van der Waals surface area (Å²) in [4.78, 5) is 19.8. The molecule has 0 unspecified atom stereocenters. The number of carbonyl (C=O) groups excluding carboxylic acids is 1. The first kappa shape index (κ1) is 25.3. The molecule has 1 aliphatic rings. The number of fused-ring (bicyclic) bond motifs is 1. The minimum absolute atomic E-state index is 0.0974. The van der Waals surface area contributed by atoms with Crippen molar-refractivity contribution in [1.82, 2.24) is 19.7 Å². The number of carbonyl (C=O) groups is 1. The minimum atomic E-state index is 0.0974. The predicted molar refractivity (Wildman–Crippen MR) is 158 cm³/mol. The van der Waals surface area contributed by atoms with Crippen molar-refractivity contribution in [1.29, 1.82) is 0 Å². The highest BCUT2D eigenvalue weighted by molar-refractivity contribution is 7.99. The quantitative estimate of drug-likeness (QED) is 0.215. The fourth-order valence-corrected chi connectivity index (χ4v) is 6.31. The summed E-state index contributed by atoms with van der Waals surface area (Å²) >= 11 is 3.03. The number of thioether (sulfide) groups is 1. The number of hydrogen-bond donors (Lipinski definition) is 1. The van der Waals surface area contributed by atoms with Gasteiger partial charge in [0.05, 0.1) is 17.9 Å². The van der Waals surface area contributed by atoms with Crippen LogP contribution in [0.3, 0.4) is 0 Å². The Bertz CT molecular complexity index is 1550. The van der Waals surface area contributed by atoms with Crippen molar-refractivity contribution in [3.63, 3.8) is 0 Å². The summed E-state index contributed by atoms with van der Waals surface area (Å²) in [5.74, 6) is 1.27. The first-order chi connectivity index (χ1) is 19.2. The maximum absolute atomic E-state index is 13.2. The number of rotatable bonds is 10. The predicted octanol–water partition coefficient (Wildman–Crippen LogP) is 5.99. The second-order valence-corrected chi connectivity index (χ2v) is 11.1. The van der Waals surface area contributed by atoms with E-state index in [-0.39, 0.29) is 5.91 Å². The second kappa shape index (κ2) is 11.8. The van der Waals surface area contributed by atoms with Crippen molar-refractivity contribution in [2.24, 2.45) is 0 Å². The van der Waals surface area contributed by atoms with Crippen molar-refractivity contribution in [2.45, 2.75) is 31.0 Å². The lowest BCUT2D eigenvalue weighted by molar-refractivity contribution is -0.116. The molecule has 3 aromatic carbocycles. The maximum atomic E-state index is 13.2. The lowest BCUT2D eigenvalue weighted by atomic mass is 10.1. The monoisotopic (exact) mass is 552 g/mol. The highest BCUT2D eigenvalue weighted by atomic mass is 32.2. The van der Waals surface area contributed by atoms with Crippen molar-refractivity contribution in [3.05, 3.63) is 113 Å². The molecule has 0 fully saturated rings. The molecule has 6 rings (SSSR count). The molecule has 1 aliphatic heterocycles. The third-order valence-electron chi connectivity index (χ3n) is 6.69. The average Bonchev–Trinajstić information content (AvgIpc) is 3.71. The highest BCUT2D eigenvalue weighted by Crippen LogP contribution is 2.29. The van der Waals surface area contributed by atoms with Crippen LogP contribution in [0.1, 0.15) is 22.6 Å². The van der Waals surface area contributed by atoms with Crippen molar-refractivity contribution in [2.75, 3.05) is 22.5 Å². The third kappa shape index (κ3) is 6.05. The van der Waals surface area contributed by atoms with Crippen LogP contribution in [0.4, 0.5) is 16.5 Å². The van der Waals surface area contributed by atoms with Gasteiger partial charge in [-0.15, -0.1) is 21.5 Å². The van der Waals surface area contributed by atoms with E-state index in [4.69, 9.17) is 4.98 Å². The topological polar surface area (TPSA) is 75.9 Å². The summed E-state index contributed by atoms with van der Waals surface area (Å²) in [6.07, 6.45) is 2.33. The van der Waals surface area contributed by atoms with Gasteiger partial charge in [0, 0.05) is 29.8 Å². The first-order valence-electron chi connectivity index (χ1n) is 13.0. The fraction of sp³-hybridized carbons (Fsp3) is 0.200. The molecular weight excluding hydrogens is 525 g/mol. The van der Waals surface area contributed by atoms with E-state index < -0.39 is 0 Å². The van der Waals surface area contributed by atoms with Crippen LogP contribution in [0, 0.1) is 0 Å². The van der Waals surface area contributed by atoms with Gasteiger partial charge in [-0.25, -0.2) is 4.98 Å². The van der Waals surface area contributed by atoms with Crippen LogP contribution >= 0.6 is 23.1 Å². The molecule has 7 nitrogen and oxygen atoms in total. The Morgan fingerprint density at radius 3 is 2.56 bits per heavy atom. The Hall–Kier alpha value is -3.95. The number of thiazole rings is 1. The SMILES string of the molecule is O=C(CSc1nnc(Cc2csc(Nc3ccccc3)n2)n1CCc1ccccc1)N1CCc2ccccc21. The average molecular weight is 553 g/mol. The summed E-state index contributed by atoms with van der Waals surface area (Å²) < 4.78 is 2.15. The Kier molecular flexibility index (Phi) is 7.69.